The zero-order valence-corrected chi connectivity index (χ0v) is 11.6. The fourth-order valence-electron chi connectivity index (χ4n) is 2.17. The highest BCUT2D eigenvalue weighted by molar-refractivity contribution is 5.80. The Bertz CT molecular complexity index is 506. The minimum atomic E-state index is -0.379. The smallest absolute Gasteiger partial charge is 0.191 e. The molecule has 0 atom stereocenters. The highest BCUT2D eigenvalue weighted by Gasteiger charge is 2.11. The minimum absolute atomic E-state index is 0.291. The molecule has 0 unspecified atom stereocenters. The van der Waals surface area contributed by atoms with Crippen LogP contribution >= 0.6 is 0 Å². The van der Waals surface area contributed by atoms with Crippen LogP contribution in [0.4, 0.5) is 4.39 Å². The molecule has 1 aliphatic carbocycles. The SMILES string of the molecule is CN=C(NCc1ccc(F)c(CO)c1)NC1CC=CC1. The van der Waals surface area contributed by atoms with E-state index in [0.29, 0.717) is 18.2 Å². The molecule has 0 saturated carbocycles. The number of aliphatic hydroxyl groups is 1. The van der Waals surface area contributed by atoms with Gasteiger partial charge in [0.15, 0.2) is 5.96 Å². The van der Waals surface area contributed by atoms with Gasteiger partial charge in [-0.3, -0.25) is 4.99 Å². The van der Waals surface area contributed by atoms with Gasteiger partial charge in [-0.15, -0.1) is 0 Å². The molecule has 0 aromatic heterocycles. The summed E-state index contributed by atoms with van der Waals surface area (Å²) in [6.45, 7) is 0.244. The lowest BCUT2D eigenvalue weighted by Crippen LogP contribution is -2.42. The Kier molecular flexibility index (Phi) is 5.12. The zero-order valence-electron chi connectivity index (χ0n) is 11.6. The molecule has 0 heterocycles. The molecular formula is C15H20FN3O. The van der Waals surface area contributed by atoms with Crippen molar-refractivity contribution in [1.82, 2.24) is 10.6 Å². The second kappa shape index (κ2) is 7.05. The molecular weight excluding hydrogens is 257 g/mol. The molecule has 2 rings (SSSR count). The molecule has 1 aromatic rings. The van der Waals surface area contributed by atoms with E-state index in [1.807, 2.05) is 0 Å². The summed E-state index contributed by atoms with van der Waals surface area (Å²) in [7, 11) is 1.72. The van der Waals surface area contributed by atoms with E-state index in [-0.39, 0.29) is 12.4 Å². The fourth-order valence-corrected chi connectivity index (χ4v) is 2.17. The largest absolute Gasteiger partial charge is 0.392 e. The van der Waals surface area contributed by atoms with Crippen molar-refractivity contribution in [2.75, 3.05) is 7.05 Å². The van der Waals surface area contributed by atoms with Crippen molar-refractivity contribution in [3.8, 4) is 0 Å². The summed E-state index contributed by atoms with van der Waals surface area (Å²) in [4.78, 5) is 4.17. The van der Waals surface area contributed by atoms with Crippen LogP contribution in [0.2, 0.25) is 0 Å². The number of aliphatic imine (C=N–C) groups is 1. The Morgan fingerprint density at radius 2 is 2.15 bits per heavy atom. The predicted octanol–water partition coefficient (Wildman–Crippen LogP) is 1.70. The maximum absolute atomic E-state index is 13.3. The first-order valence-corrected chi connectivity index (χ1v) is 6.73. The van der Waals surface area contributed by atoms with E-state index in [9.17, 15) is 4.39 Å². The molecule has 20 heavy (non-hydrogen) atoms. The molecule has 1 aromatic carbocycles. The Labute approximate surface area is 118 Å². The first-order chi connectivity index (χ1) is 9.72. The Balaban J connectivity index is 1.89. The van der Waals surface area contributed by atoms with Crippen LogP contribution in [0.25, 0.3) is 0 Å². The molecule has 4 nitrogen and oxygen atoms in total. The quantitative estimate of drug-likeness (QED) is 0.446. The number of halogens is 1. The van der Waals surface area contributed by atoms with Crippen molar-refractivity contribution in [2.45, 2.75) is 32.0 Å². The zero-order chi connectivity index (χ0) is 14.4. The number of nitrogens with one attached hydrogen (secondary N) is 2. The highest BCUT2D eigenvalue weighted by Crippen LogP contribution is 2.11. The summed E-state index contributed by atoms with van der Waals surface area (Å²) in [6, 6.07) is 5.13. The first kappa shape index (κ1) is 14.5. The van der Waals surface area contributed by atoms with Crippen molar-refractivity contribution in [2.24, 2.45) is 4.99 Å². The van der Waals surface area contributed by atoms with E-state index in [2.05, 4.69) is 27.8 Å². The summed E-state index contributed by atoms with van der Waals surface area (Å²) in [5.74, 6) is 0.351. The summed E-state index contributed by atoms with van der Waals surface area (Å²) < 4.78 is 13.3. The van der Waals surface area contributed by atoms with Gasteiger partial charge < -0.3 is 15.7 Å². The molecule has 0 fully saturated rings. The molecule has 0 amide bonds. The maximum Gasteiger partial charge on any atom is 0.191 e. The number of nitrogens with zero attached hydrogens (tertiary/aromatic N) is 1. The molecule has 0 bridgehead atoms. The summed E-state index contributed by atoms with van der Waals surface area (Å²) >= 11 is 0. The van der Waals surface area contributed by atoms with Gasteiger partial charge in [-0.25, -0.2) is 4.39 Å². The topological polar surface area (TPSA) is 56.7 Å². The standard InChI is InChI=1S/C15H20FN3O/c1-17-15(19-13-4-2-3-5-13)18-9-11-6-7-14(16)12(8-11)10-20/h2-3,6-8,13,20H,4-5,9-10H2,1H3,(H2,17,18,19). The van der Waals surface area contributed by atoms with Gasteiger partial charge in [-0.1, -0.05) is 18.2 Å². The second-order valence-corrected chi connectivity index (χ2v) is 4.79. The third kappa shape index (κ3) is 3.81. The Morgan fingerprint density at radius 3 is 2.80 bits per heavy atom. The van der Waals surface area contributed by atoms with Crippen molar-refractivity contribution >= 4 is 5.96 Å². The number of rotatable bonds is 4. The Hall–Kier alpha value is -1.88. The second-order valence-electron chi connectivity index (χ2n) is 4.79. The van der Waals surface area contributed by atoms with Gasteiger partial charge in [0.2, 0.25) is 0 Å². The lowest BCUT2D eigenvalue weighted by molar-refractivity contribution is 0.275. The van der Waals surface area contributed by atoms with Crippen molar-refractivity contribution in [3.63, 3.8) is 0 Å². The third-order valence-corrected chi connectivity index (χ3v) is 3.31. The molecule has 1 aliphatic rings. The van der Waals surface area contributed by atoms with Crippen LogP contribution in [0.3, 0.4) is 0 Å². The molecule has 0 spiro atoms. The lowest BCUT2D eigenvalue weighted by Gasteiger charge is -2.17. The van der Waals surface area contributed by atoms with Crippen LogP contribution < -0.4 is 10.6 Å². The van der Waals surface area contributed by atoms with Gasteiger partial charge in [0.25, 0.3) is 0 Å². The van der Waals surface area contributed by atoms with Gasteiger partial charge in [0.1, 0.15) is 5.82 Å². The number of guanidine groups is 1. The Morgan fingerprint density at radius 1 is 1.40 bits per heavy atom. The molecule has 0 aliphatic heterocycles. The van der Waals surface area contributed by atoms with Gasteiger partial charge in [-0.2, -0.15) is 0 Å². The summed E-state index contributed by atoms with van der Waals surface area (Å²) in [5, 5.41) is 15.6. The predicted molar refractivity (Wildman–Crippen MR) is 77.8 cm³/mol. The lowest BCUT2D eigenvalue weighted by atomic mass is 10.1. The van der Waals surface area contributed by atoms with Gasteiger partial charge in [-0.05, 0) is 30.5 Å². The van der Waals surface area contributed by atoms with Crippen LogP contribution in [-0.2, 0) is 13.2 Å². The summed E-state index contributed by atoms with van der Waals surface area (Å²) in [6.07, 6.45) is 6.31. The van der Waals surface area contributed by atoms with Crippen molar-refractivity contribution < 1.29 is 9.50 Å². The molecule has 5 heteroatoms. The number of benzene rings is 1. The molecule has 108 valence electrons. The first-order valence-electron chi connectivity index (χ1n) is 6.73. The number of hydrogen-bond donors (Lipinski definition) is 3. The number of aliphatic hydroxyl groups excluding tert-OH is 1. The molecule has 3 N–H and O–H groups in total. The molecule has 0 radical (unpaired) electrons. The molecule has 0 saturated heterocycles. The van der Waals surface area contributed by atoms with Crippen LogP contribution in [0.15, 0.2) is 35.3 Å². The van der Waals surface area contributed by atoms with Gasteiger partial charge in [0, 0.05) is 25.2 Å². The minimum Gasteiger partial charge on any atom is -0.392 e. The van der Waals surface area contributed by atoms with Crippen LogP contribution in [0.5, 0.6) is 0 Å². The average molecular weight is 277 g/mol. The van der Waals surface area contributed by atoms with Crippen LogP contribution in [0, 0.1) is 5.82 Å². The van der Waals surface area contributed by atoms with E-state index in [1.165, 1.54) is 6.07 Å². The maximum atomic E-state index is 13.3. The van der Waals surface area contributed by atoms with Gasteiger partial charge >= 0.3 is 0 Å². The van der Waals surface area contributed by atoms with Crippen molar-refractivity contribution in [3.05, 3.63) is 47.3 Å². The average Bonchev–Trinajstić information content (AvgIpc) is 2.97. The number of hydrogen-bond acceptors (Lipinski definition) is 2. The monoisotopic (exact) mass is 277 g/mol. The van der Waals surface area contributed by atoms with E-state index in [4.69, 9.17) is 5.11 Å². The van der Waals surface area contributed by atoms with Gasteiger partial charge in [0.05, 0.1) is 6.61 Å². The van der Waals surface area contributed by atoms with E-state index >= 15 is 0 Å². The van der Waals surface area contributed by atoms with E-state index in [0.717, 1.165) is 24.4 Å². The van der Waals surface area contributed by atoms with Crippen LogP contribution in [-0.4, -0.2) is 24.2 Å². The normalized spacial score (nSPS) is 15.7. The van der Waals surface area contributed by atoms with E-state index < -0.39 is 0 Å². The van der Waals surface area contributed by atoms with Crippen molar-refractivity contribution in [1.29, 1.82) is 0 Å². The highest BCUT2D eigenvalue weighted by atomic mass is 19.1. The fraction of sp³-hybridized carbons (Fsp3) is 0.400. The van der Waals surface area contributed by atoms with E-state index in [1.54, 1.807) is 19.2 Å². The summed E-state index contributed by atoms with van der Waals surface area (Å²) in [5.41, 5.74) is 1.22. The van der Waals surface area contributed by atoms with Crippen LogP contribution in [0.1, 0.15) is 24.0 Å². The third-order valence-electron chi connectivity index (χ3n) is 3.31.